The number of hydrogen-bond donors (Lipinski definition) is 1. The minimum absolute atomic E-state index is 0.0789. The van der Waals surface area contributed by atoms with Gasteiger partial charge in [-0.15, -0.1) is 0 Å². The highest BCUT2D eigenvalue weighted by Crippen LogP contribution is 2.25. The second-order valence-corrected chi connectivity index (χ2v) is 6.82. The van der Waals surface area contributed by atoms with Crippen LogP contribution in [0.25, 0.3) is 11.1 Å². The molecule has 130 valence electrons. The van der Waals surface area contributed by atoms with Crippen molar-refractivity contribution in [2.45, 2.75) is 31.7 Å². The normalized spacial score (nSPS) is 18.8. The van der Waals surface area contributed by atoms with Crippen molar-refractivity contribution in [2.24, 2.45) is 0 Å². The van der Waals surface area contributed by atoms with Gasteiger partial charge in [-0.1, -0.05) is 25.0 Å². The van der Waals surface area contributed by atoms with Gasteiger partial charge in [0, 0.05) is 36.5 Å². The monoisotopic (exact) mass is 338 g/mol. The Morgan fingerprint density at radius 3 is 2.72 bits per heavy atom. The molecule has 1 aromatic heterocycles. The van der Waals surface area contributed by atoms with Crippen LogP contribution < -0.4 is 0 Å². The maximum absolute atomic E-state index is 12.8. The molecule has 1 saturated heterocycles. The van der Waals surface area contributed by atoms with Crippen LogP contribution in [0.15, 0.2) is 36.7 Å². The van der Waals surface area contributed by atoms with Crippen LogP contribution in [0.2, 0.25) is 0 Å². The zero-order valence-electron chi connectivity index (χ0n) is 14.1. The van der Waals surface area contributed by atoms with Crippen molar-refractivity contribution < 1.29 is 9.59 Å². The molecule has 2 amide bonds. The van der Waals surface area contributed by atoms with E-state index in [-0.39, 0.29) is 18.4 Å². The van der Waals surface area contributed by atoms with Crippen LogP contribution >= 0.6 is 0 Å². The van der Waals surface area contributed by atoms with Crippen molar-refractivity contribution in [3.8, 4) is 11.1 Å². The van der Waals surface area contributed by atoms with E-state index in [9.17, 15) is 9.59 Å². The molecule has 25 heavy (non-hydrogen) atoms. The summed E-state index contributed by atoms with van der Waals surface area (Å²) in [6, 6.07) is 7.87. The van der Waals surface area contributed by atoms with Gasteiger partial charge in [-0.3, -0.25) is 14.7 Å². The first-order valence-electron chi connectivity index (χ1n) is 8.90. The lowest BCUT2D eigenvalue weighted by Gasteiger charge is -2.37. The van der Waals surface area contributed by atoms with Gasteiger partial charge >= 0.3 is 0 Å². The molecule has 0 spiro atoms. The second-order valence-electron chi connectivity index (χ2n) is 6.82. The lowest BCUT2D eigenvalue weighted by Crippen LogP contribution is -2.54. The van der Waals surface area contributed by atoms with Gasteiger partial charge in [0.05, 0.1) is 6.20 Å². The molecule has 1 aliphatic carbocycles. The maximum Gasteiger partial charge on any atom is 0.254 e. The Bertz CT molecular complexity index is 765. The van der Waals surface area contributed by atoms with E-state index in [4.69, 9.17) is 0 Å². The molecule has 6 nitrogen and oxygen atoms in total. The van der Waals surface area contributed by atoms with Crippen molar-refractivity contribution in [3.63, 3.8) is 0 Å². The summed E-state index contributed by atoms with van der Waals surface area (Å²) in [4.78, 5) is 29.0. The zero-order chi connectivity index (χ0) is 17.2. The first-order valence-corrected chi connectivity index (χ1v) is 8.90. The SMILES string of the molecule is O=C(c1cccc(-c2cn[nH]c2)c1)N1CCN(C2CCCC2)C(=O)C1. The Labute approximate surface area is 146 Å². The standard InChI is InChI=1S/C19H22N4O2/c24-18-13-22(8-9-23(18)17-6-1-2-7-17)19(25)15-5-3-4-14(10-15)16-11-20-21-12-16/h3-5,10-12,17H,1-2,6-9,13H2,(H,20,21). The van der Waals surface area contributed by atoms with Gasteiger partial charge in [0.15, 0.2) is 0 Å². The lowest BCUT2D eigenvalue weighted by atomic mass is 10.0. The molecule has 4 rings (SSSR count). The quantitative estimate of drug-likeness (QED) is 0.934. The van der Waals surface area contributed by atoms with Gasteiger partial charge in [-0.2, -0.15) is 5.10 Å². The number of amides is 2. The molecule has 2 aliphatic rings. The number of benzene rings is 1. The van der Waals surface area contributed by atoms with Crippen molar-refractivity contribution in [1.82, 2.24) is 20.0 Å². The molecular weight excluding hydrogens is 316 g/mol. The summed E-state index contributed by atoms with van der Waals surface area (Å²) in [5.41, 5.74) is 2.49. The number of aromatic nitrogens is 2. The average molecular weight is 338 g/mol. The third kappa shape index (κ3) is 3.16. The van der Waals surface area contributed by atoms with Crippen molar-refractivity contribution in [3.05, 3.63) is 42.2 Å². The van der Waals surface area contributed by atoms with Crippen LogP contribution in [-0.2, 0) is 4.79 Å². The number of H-pyrrole nitrogens is 1. The summed E-state index contributed by atoms with van der Waals surface area (Å²) in [5, 5.41) is 6.73. The summed E-state index contributed by atoms with van der Waals surface area (Å²) in [6.07, 6.45) is 8.15. The molecule has 1 N–H and O–H groups in total. The number of aromatic amines is 1. The largest absolute Gasteiger partial charge is 0.336 e. The summed E-state index contributed by atoms with van der Waals surface area (Å²) in [5.74, 6) is 0.00209. The molecule has 2 aromatic rings. The van der Waals surface area contributed by atoms with Gasteiger partial charge in [0.2, 0.25) is 5.91 Å². The molecule has 1 saturated carbocycles. The third-order valence-corrected chi connectivity index (χ3v) is 5.25. The van der Waals surface area contributed by atoms with Gasteiger partial charge < -0.3 is 9.80 Å². The fourth-order valence-electron chi connectivity index (χ4n) is 3.88. The Morgan fingerprint density at radius 1 is 1.16 bits per heavy atom. The molecule has 0 atom stereocenters. The van der Waals surface area contributed by atoms with Crippen molar-refractivity contribution in [2.75, 3.05) is 19.6 Å². The van der Waals surface area contributed by atoms with E-state index >= 15 is 0 Å². The molecule has 0 bridgehead atoms. The minimum atomic E-state index is -0.0789. The molecule has 0 unspecified atom stereocenters. The topological polar surface area (TPSA) is 69.3 Å². The predicted molar refractivity (Wildman–Crippen MR) is 93.9 cm³/mol. The third-order valence-electron chi connectivity index (χ3n) is 5.25. The van der Waals surface area contributed by atoms with Crippen molar-refractivity contribution in [1.29, 1.82) is 0 Å². The predicted octanol–water partition coefficient (Wildman–Crippen LogP) is 2.30. The molecule has 1 aromatic carbocycles. The van der Waals surface area contributed by atoms with Gasteiger partial charge in [0.25, 0.3) is 5.91 Å². The van der Waals surface area contributed by atoms with Crippen LogP contribution in [0.4, 0.5) is 0 Å². The number of rotatable bonds is 3. The Hall–Kier alpha value is -2.63. The molecule has 0 radical (unpaired) electrons. The summed E-state index contributed by atoms with van der Waals surface area (Å²) in [6.45, 7) is 1.44. The number of nitrogens with one attached hydrogen (secondary N) is 1. The van der Waals surface area contributed by atoms with E-state index in [2.05, 4.69) is 10.2 Å². The zero-order valence-corrected chi connectivity index (χ0v) is 14.1. The van der Waals surface area contributed by atoms with E-state index in [1.165, 1.54) is 12.8 Å². The lowest BCUT2D eigenvalue weighted by molar-refractivity contribution is -0.137. The molecule has 2 fully saturated rings. The average Bonchev–Trinajstić information content (AvgIpc) is 3.35. The first kappa shape index (κ1) is 15.9. The number of nitrogens with zero attached hydrogens (tertiary/aromatic N) is 3. The number of hydrogen-bond acceptors (Lipinski definition) is 3. The van der Waals surface area contributed by atoms with E-state index in [0.29, 0.717) is 24.7 Å². The van der Waals surface area contributed by atoms with E-state index in [1.54, 1.807) is 23.4 Å². The number of carbonyl (C=O) groups excluding carboxylic acids is 2. The first-order chi connectivity index (χ1) is 12.2. The molecule has 2 heterocycles. The Kier molecular flexibility index (Phi) is 4.26. The molecule has 6 heteroatoms. The van der Waals surface area contributed by atoms with Gasteiger partial charge in [-0.25, -0.2) is 0 Å². The van der Waals surface area contributed by atoms with Crippen LogP contribution in [0.3, 0.4) is 0 Å². The number of piperazine rings is 1. The van der Waals surface area contributed by atoms with E-state index < -0.39 is 0 Å². The Morgan fingerprint density at radius 2 is 2.00 bits per heavy atom. The van der Waals surface area contributed by atoms with Crippen LogP contribution in [0, 0.1) is 0 Å². The smallest absolute Gasteiger partial charge is 0.254 e. The minimum Gasteiger partial charge on any atom is -0.336 e. The second kappa shape index (κ2) is 6.70. The van der Waals surface area contributed by atoms with Gasteiger partial charge in [0.1, 0.15) is 6.54 Å². The number of carbonyl (C=O) groups is 2. The fourth-order valence-corrected chi connectivity index (χ4v) is 3.88. The molecular formula is C19H22N4O2. The summed E-state index contributed by atoms with van der Waals surface area (Å²) < 4.78 is 0. The maximum atomic E-state index is 12.8. The summed E-state index contributed by atoms with van der Waals surface area (Å²) in [7, 11) is 0. The fraction of sp³-hybridized carbons (Fsp3) is 0.421. The highest BCUT2D eigenvalue weighted by molar-refractivity contribution is 5.98. The summed E-state index contributed by atoms with van der Waals surface area (Å²) >= 11 is 0. The highest BCUT2D eigenvalue weighted by atomic mass is 16.2. The Balaban J connectivity index is 1.47. The van der Waals surface area contributed by atoms with Crippen molar-refractivity contribution >= 4 is 11.8 Å². The van der Waals surface area contributed by atoms with E-state index in [1.807, 2.05) is 23.1 Å². The van der Waals surface area contributed by atoms with Gasteiger partial charge in [-0.05, 0) is 30.5 Å². The molecule has 1 aliphatic heterocycles. The van der Waals surface area contributed by atoms with Crippen LogP contribution in [0.1, 0.15) is 36.0 Å². The highest BCUT2D eigenvalue weighted by Gasteiger charge is 2.33. The van der Waals surface area contributed by atoms with Crippen LogP contribution in [-0.4, -0.2) is 57.5 Å². The van der Waals surface area contributed by atoms with Crippen LogP contribution in [0.5, 0.6) is 0 Å². The van der Waals surface area contributed by atoms with E-state index in [0.717, 1.165) is 24.0 Å².